The average Bonchev–Trinajstić information content (AvgIpc) is 3.08. The van der Waals surface area contributed by atoms with E-state index in [2.05, 4.69) is 9.80 Å². The van der Waals surface area contributed by atoms with Gasteiger partial charge in [0, 0.05) is 25.0 Å². The lowest BCUT2D eigenvalue weighted by Crippen LogP contribution is -2.45. The van der Waals surface area contributed by atoms with Gasteiger partial charge in [-0.1, -0.05) is 12.8 Å². The highest BCUT2D eigenvalue weighted by Crippen LogP contribution is 2.34. The van der Waals surface area contributed by atoms with Crippen LogP contribution in [0.3, 0.4) is 0 Å². The summed E-state index contributed by atoms with van der Waals surface area (Å²) in [5.41, 5.74) is 0. The number of aliphatic hydroxyl groups is 1. The van der Waals surface area contributed by atoms with E-state index < -0.39 is 0 Å². The summed E-state index contributed by atoms with van der Waals surface area (Å²) in [6.07, 6.45) is 10.3. The standard InChI is InChI=1S/C16H30N2O/c19-16-8-2-1-6-14(16)15-7-5-11-18(15)13-12-17-9-3-4-10-17/h14-16,19H,1-13H2. The molecule has 2 aliphatic heterocycles. The average molecular weight is 266 g/mol. The Hall–Kier alpha value is -0.120. The SMILES string of the molecule is OC1CCCCC1C1CCCN1CCN1CCCC1. The van der Waals surface area contributed by atoms with Gasteiger partial charge in [-0.15, -0.1) is 0 Å². The van der Waals surface area contributed by atoms with E-state index in [4.69, 9.17) is 0 Å². The maximum Gasteiger partial charge on any atom is 0.0583 e. The summed E-state index contributed by atoms with van der Waals surface area (Å²) in [4.78, 5) is 5.31. The first-order valence-corrected chi connectivity index (χ1v) is 8.49. The molecule has 0 aromatic rings. The van der Waals surface area contributed by atoms with Gasteiger partial charge in [-0.05, 0) is 58.2 Å². The van der Waals surface area contributed by atoms with Crippen LogP contribution >= 0.6 is 0 Å². The zero-order valence-corrected chi connectivity index (χ0v) is 12.3. The first-order chi connectivity index (χ1) is 9.34. The molecule has 3 aliphatic rings. The van der Waals surface area contributed by atoms with E-state index >= 15 is 0 Å². The Morgan fingerprint density at radius 3 is 2.37 bits per heavy atom. The first-order valence-electron chi connectivity index (χ1n) is 8.49. The second-order valence-electron chi connectivity index (χ2n) is 6.81. The Balaban J connectivity index is 1.51. The van der Waals surface area contributed by atoms with Crippen LogP contribution in [-0.4, -0.2) is 59.8 Å². The van der Waals surface area contributed by atoms with Gasteiger partial charge in [-0.25, -0.2) is 0 Å². The highest BCUT2D eigenvalue weighted by molar-refractivity contribution is 4.90. The van der Waals surface area contributed by atoms with E-state index in [0.29, 0.717) is 12.0 Å². The molecular formula is C16H30N2O. The van der Waals surface area contributed by atoms with Crippen LogP contribution < -0.4 is 0 Å². The molecule has 2 heterocycles. The largest absolute Gasteiger partial charge is 0.393 e. The van der Waals surface area contributed by atoms with Gasteiger partial charge < -0.3 is 10.0 Å². The van der Waals surface area contributed by atoms with Crippen molar-refractivity contribution in [3.05, 3.63) is 0 Å². The Morgan fingerprint density at radius 1 is 0.789 bits per heavy atom. The Labute approximate surface area is 118 Å². The summed E-state index contributed by atoms with van der Waals surface area (Å²) in [7, 11) is 0. The van der Waals surface area contributed by atoms with Gasteiger partial charge in [0.15, 0.2) is 0 Å². The summed E-state index contributed by atoms with van der Waals surface area (Å²) in [5.74, 6) is 0.565. The third-order valence-electron chi connectivity index (χ3n) is 5.59. The molecule has 3 unspecified atom stereocenters. The molecule has 0 spiro atoms. The molecule has 0 bridgehead atoms. The van der Waals surface area contributed by atoms with Crippen LogP contribution in [0, 0.1) is 5.92 Å². The predicted octanol–water partition coefficient (Wildman–Crippen LogP) is 2.10. The molecule has 0 amide bonds. The van der Waals surface area contributed by atoms with Crippen molar-refractivity contribution >= 4 is 0 Å². The van der Waals surface area contributed by atoms with Crippen LogP contribution in [-0.2, 0) is 0 Å². The lowest BCUT2D eigenvalue weighted by Gasteiger charge is -2.37. The zero-order chi connectivity index (χ0) is 13.1. The third kappa shape index (κ3) is 3.32. The van der Waals surface area contributed by atoms with Crippen LogP contribution in [0.1, 0.15) is 51.4 Å². The van der Waals surface area contributed by atoms with E-state index in [9.17, 15) is 5.11 Å². The minimum Gasteiger partial charge on any atom is -0.393 e. The number of hydrogen-bond acceptors (Lipinski definition) is 3. The fraction of sp³-hybridized carbons (Fsp3) is 1.00. The molecule has 3 rings (SSSR count). The molecule has 3 heteroatoms. The van der Waals surface area contributed by atoms with Gasteiger partial charge in [0.2, 0.25) is 0 Å². The molecule has 2 saturated heterocycles. The smallest absolute Gasteiger partial charge is 0.0583 e. The fourth-order valence-electron chi connectivity index (χ4n) is 4.48. The number of likely N-dealkylation sites (tertiary alicyclic amines) is 2. The predicted molar refractivity (Wildman–Crippen MR) is 78.2 cm³/mol. The number of hydrogen-bond donors (Lipinski definition) is 1. The summed E-state index contributed by atoms with van der Waals surface area (Å²) in [6.45, 7) is 6.37. The number of nitrogens with zero attached hydrogens (tertiary/aromatic N) is 2. The summed E-state index contributed by atoms with van der Waals surface area (Å²) in [5, 5.41) is 10.3. The highest BCUT2D eigenvalue weighted by Gasteiger charge is 2.36. The van der Waals surface area contributed by atoms with Crippen molar-refractivity contribution < 1.29 is 5.11 Å². The topological polar surface area (TPSA) is 26.7 Å². The highest BCUT2D eigenvalue weighted by atomic mass is 16.3. The summed E-state index contributed by atoms with van der Waals surface area (Å²) < 4.78 is 0. The number of rotatable bonds is 4. The van der Waals surface area contributed by atoms with Crippen molar-refractivity contribution in [2.24, 2.45) is 5.92 Å². The normalized spacial score (nSPS) is 38.1. The molecule has 3 atom stereocenters. The molecule has 1 N–H and O–H groups in total. The van der Waals surface area contributed by atoms with E-state index in [1.165, 1.54) is 77.7 Å². The Bertz CT molecular complexity index is 278. The van der Waals surface area contributed by atoms with Crippen molar-refractivity contribution in [3.8, 4) is 0 Å². The molecule has 1 aliphatic carbocycles. The second kappa shape index (κ2) is 6.55. The molecule has 0 aromatic carbocycles. The van der Waals surface area contributed by atoms with E-state index in [-0.39, 0.29) is 6.10 Å². The lowest BCUT2D eigenvalue weighted by molar-refractivity contribution is 0.0205. The molecule has 3 fully saturated rings. The number of aliphatic hydroxyl groups excluding tert-OH is 1. The van der Waals surface area contributed by atoms with Gasteiger partial charge in [-0.3, -0.25) is 4.90 Å². The van der Waals surface area contributed by atoms with Crippen molar-refractivity contribution in [2.75, 3.05) is 32.7 Å². The van der Waals surface area contributed by atoms with Crippen LogP contribution in [0.5, 0.6) is 0 Å². The monoisotopic (exact) mass is 266 g/mol. The van der Waals surface area contributed by atoms with Crippen LogP contribution in [0.4, 0.5) is 0 Å². The molecule has 19 heavy (non-hydrogen) atoms. The third-order valence-corrected chi connectivity index (χ3v) is 5.59. The van der Waals surface area contributed by atoms with Crippen LogP contribution in [0.25, 0.3) is 0 Å². The van der Waals surface area contributed by atoms with Crippen molar-refractivity contribution in [3.63, 3.8) is 0 Å². The van der Waals surface area contributed by atoms with Crippen molar-refractivity contribution in [1.82, 2.24) is 9.80 Å². The molecular weight excluding hydrogens is 236 g/mol. The molecule has 0 aromatic heterocycles. The van der Waals surface area contributed by atoms with Crippen LogP contribution in [0.15, 0.2) is 0 Å². The van der Waals surface area contributed by atoms with Crippen LogP contribution in [0.2, 0.25) is 0 Å². The lowest BCUT2D eigenvalue weighted by atomic mass is 9.80. The second-order valence-corrected chi connectivity index (χ2v) is 6.81. The zero-order valence-electron chi connectivity index (χ0n) is 12.3. The maximum absolute atomic E-state index is 10.3. The summed E-state index contributed by atoms with van der Waals surface area (Å²) in [6, 6.07) is 0.679. The summed E-state index contributed by atoms with van der Waals surface area (Å²) >= 11 is 0. The minimum atomic E-state index is -0.0221. The Kier molecular flexibility index (Phi) is 4.78. The Morgan fingerprint density at radius 2 is 1.58 bits per heavy atom. The maximum atomic E-state index is 10.3. The van der Waals surface area contributed by atoms with E-state index in [0.717, 1.165) is 6.42 Å². The van der Waals surface area contributed by atoms with Crippen molar-refractivity contribution in [1.29, 1.82) is 0 Å². The molecule has 1 saturated carbocycles. The fourth-order valence-corrected chi connectivity index (χ4v) is 4.48. The first kappa shape index (κ1) is 13.8. The van der Waals surface area contributed by atoms with Gasteiger partial charge in [0.05, 0.1) is 6.10 Å². The molecule has 0 radical (unpaired) electrons. The van der Waals surface area contributed by atoms with Gasteiger partial charge in [-0.2, -0.15) is 0 Å². The van der Waals surface area contributed by atoms with E-state index in [1.54, 1.807) is 0 Å². The molecule has 3 nitrogen and oxygen atoms in total. The quantitative estimate of drug-likeness (QED) is 0.844. The van der Waals surface area contributed by atoms with E-state index in [1.807, 2.05) is 0 Å². The van der Waals surface area contributed by atoms with Gasteiger partial charge in [0.1, 0.15) is 0 Å². The van der Waals surface area contributed by atoms with Crippen molar-refractivity contribution in [2.45, 2.75) is 63.5 Å². The van der Waals surface area contributed by atoms with Gasteiger partial charge in [0.25, 0.3) is 0 Å². The minimum absolute atomic E-state index is 0.0221. The van der Waals surface area contributed by atoms with Gasteiger partial charge >= 0.3 is 0 Å². The molecule has 110 valence electrons.